The van der Waals surface area contributed by atoms with Crippen LogP contribution in [0.5, 0.6) is 5.75 Å². The minimum atomic E-state index is -0.686. The number of nitriles is 1. The van der Waals surface area contributed by atoms with E-state index >= 15 is 0 Å². The number of carbonyl (C=O) groups is 1. The molecule has 20 heavy (non-hydrogen) atoms. The van der Waals surface area contributed by atoms with Crippen LogP contribution in [-0.2, 0) is 4.79 Å². The van der Waals surface area contributed by atoms with Crippen molar-refractivity contribution in [2.24, 2.45) is 0 Å². The van der Waals surface area contributed by atoms with Gasteiger partial charge in [0, 0.05) is 25.1 Å². The highest BCUT2D eigenvalue weighted by molar-refractivity contribution is 5.78. The first-order valence-electron chi connectivity index (χ1n) is 6.66. The third-order valence-electron chi connectivity index (χ3n) is 3.56. The molecule has 1 saturated heterocycles. The number of hydrogen-bond donors (Lipinski definition) is 0. The molecule has 1 atom stereocenters. The van der Waals surface area contributed by atoms with Gasteiger partial charge in [-0.25, -0.2) is 4.39 Å². The lowest BCUT2D eigenvalue weighted by molar-refractivity contribution is -0.130. The van der Waals surface area contributed by atoms with Crippen molar-refractivity contribution in [3.05, 3.63) is 29.6 Å². The third kappa shape index (κ3) is 3.08. The van der Waals surface area contributed by atoms with Crippen LogP contribution in [0.2, 0.25) is 0 Å². The number of nitrogens with zero attached hydrogens (tertiary/aromatic N) is 2. The summed E-state index contributed by atoms with van der Waals surface area (Å²) in [7, 11) is 1.47. The van der Waals surface area contributed by atoms with Crippen LogP contribution in [-0.4, -0.2) is 31.0 Å². The fourth-order valence-corrected chi connectivity index (χ4v) is 2.47. The van der Waals surface area contributed by atoms with Crippen LogP contribution in [0.3, 0.4) is 0 Å². The second-order valence-electron chi connectivity index (χ2n) is 4.86. The number of benzene rings is 1. The molecular weight excluding hydrogens is 259 g/mol. The van der Waals surface area contributed by atoms with Crippen LogP contribution >= 0.6 is 0 Å². The van der Waals surface area contributed by atoms with Crippen molar-refractivity contribution < 1.29 is 13.9 Å². The monoisotopic (exact) mass is 276 g/mol. The van der Waals surface area contributed by atoms with Gasteiger partial charge in [0.05, 0.1) is 19.1 Å². The molecule has 0 radical (unpaired) electrons. The molecular formula is C15H17FN2O2. The third-order valence-corrected chi connectivity index (χ3v) is 3.56. The van der Waals surface area contributed by atoms with Crippen LogP contribution < -0.4 is 4.74 Å². The van der Waals surface area contributed by atoms with E-state index in [4.69, 9.17) is 4.74 Å². The Kier molecular flexibility index (Phi) is 4.57. The molecule has 106 valence electrons. The minimum Gasteiger partial charge on any atom is -0.496 e. The number of hydrogen-bond acceptors (Lipinski definition) is 3. The van der Waals surface area contributed by atoms with Crippen molar-refractivity contribution >= 4 is 5.91 Å². The summed E-state index contributed by atoms with van der Waals surface area (Å²) in [6, 6.07) is 6.11. The van der Waals surface area contributed by atoms with Gasteiger partial charge < -0.3 is 9.64 Å². The molecule has 4 nitrogen and oxygen atoms in total. The number of carbonyl (C=O) groups excluding carboxylic acids is 1. The highest BCUT2D eigenvalue weighted by Gasteiger charge is 2.24. The second kappa shape index (κ2) is 6.38. The van der Waals surface area contributed by atoms with Crippen molar-refractivity contribution in [1.29, 1.82) is 5.26 Å². The summed E-state index contributed by atoms with van der Waals surface area (Å²) in [6.07, 6.45) is 2.08. The summed E-state index contributed by atoms with van der Waals surface area (Å²) in [5, 5.41) is 9.28. The van der Waals surface area contributed by atoms with Gasteiger partial charge >= 0.3 is 0 Å². The maximum atomic E-state index is 13.4. The smallest absolute Gasteiger partial charge is 0.224 e. The number of amides is 1. The van der Waals surface area contributed by atoms with E-state index in [0.29, 0.717) is 11.3 Å². The van der Waals surface area contributed by atoms with Gasteiger partial charge in [-0.15, -0.1) is 0 Å². The Balaban J connectivity index is 2.17. The summed E-state index contributed by atoms with van der Waals surface area (Å²) >= 11 is 0. The molecule has 0 aliphatic carbocycles. The van der Waals surface area contributed by atoms with Crippen molar-refractivity contribution in [2.75, 3.05) is 20.2 Å². The molecule has 1 heterocycles. The van der Waals surface area contributed by atoms with E-state index in [9.17, 15) is 14.4 Å². The fraction of sp³-hybridized carbons (Fsp3) is 0.467. The topological polar surface area (TPSA) is 53.3 Å². The van der Waals surface area contributed by atoms with Crippen LogP contribution in [0.1, 0.15) is 30.7 Å². The minimum absolute atomic E-state index is 0.0552. The molecule has 0 aromatic heterocycles. The molecule has 0 bridgehead atoms. The van der Waals surface area contributed by atoms with Gasteiger partial charge in [0.25, 0.3) is 0 Å². The second-order valence-corrected chi connectivity index (χ2v) is 4.86. The first kappa shape index (κ1) is 14.3. The number of halogens is 1. The Morgan fingerprint density at radius 3 is 2.80 bits per heavy atom. The zero-order valence-electron chi connectivity index (χ0n) is 11.4. The number of ether oxygens (including phenoxy) is 1. The average molecular weight is 276 g/mol. The largest absolute Gasteiger partial charge is 0.496 e. The van der Waals surface area contributed by atoms with Crippen LogP contribution in [0.15, 0.2) is 18.2 Å². The SMILES string of the molecule is COc1ccc(F)cc1C(C#N)CC(=O)N1CCCC1. The predicted octanol–water partition coefficient (Wildman–Crippen LogP) is 2.45. The lowest BCUT2D eigenvalue weighted by Crippen LogP contribution is -2.28. The normalized spacial score (nSPS) is 15.8. The molecule has 0 spiro atoms. The lowest BCUT2D eigenvalue weighted by Gasteiger charge is -2.18. The van der Waals surface area contributed by atoms with Crippen molar-refractivity contribution in [2.45, 2.75) is 25.2 Å². The van der Waals surface area contributed by atoms with Gasteiger partial charge in [-0.05, 0) is 31.0 Å². The Morgan fingerprint density at radius 1 is 1.50 bits per heavy atom. The van der Waals surface area contributed by atoms with E-state index in [1.165, 1.54) is 25.3 Å². The van der Waals surface area contributed by atoms with Crippen LogP contribution in [0, 0.1) is 17.1 Å². The van der Waals surface area contributed by atoms with Gasteiger partial charge in [-0.1, -0.05) is 0 Å². The molecule has 1 fully saturated rings. The summed E-state index contributed by atoms with van der Waals surface area (Å²) in [5.74, 6) is -0.740. The van der Waals surface area contributed by atoms with E-state index < -0.39 is 11.7 Å². The standard InChI is InChI=1S/C15H17FN2O2/c1-20-14-5-4-12(16)9-13(14)11(10-17)8-15(19)18-6-2-3-7-18/h4-5,9,11H,2-3,6-8H2,1H3. The van der Waals surface area contributed by atoms with Crippen LogP contribution in [0.25, 0.3) is 0 Å². The molecule has 1 aliphatic heterocycles. The summed E-state index contributed by atoms with van der Waals surface area (Å²) in [4.78, 5) is 13.9. The zero-order valence-corrected chi connectivity index (χ0v) is 11.4. The molecule has 2 rings (SSSR count). The van der Waals surface area contributed by atoms with E-state index in [1.807, 2.05) is 0 Å². The van der Waals surface area contributed by atoms with Crippen molar-refractivity contribution in [1.82, 2.24) is 4.90 Å². The van der Waals surface area contributed by atoms with E-state index in [-0.39, 0.29) is 12.3 Å². The van der Waals surface area contributed by atoms with Gasteiger partial charge in [-0.3, -0.25) is 4.79 Å². The first-order valence-corrected chi connectivity index (χ1v) is 6.66. The Bertz CT molecular complexity index is 533. The molecule has 1 aromatic rings. The lowest BCUT2D eigenvalue weighted by atomic mass is 9.95. The summed E-state index contributed by atoms with van der Waals surface area (Å²) in [5.41, 5.74) is 0.433. The van der Waals surface area contributed by atoms with Crippen molar-refractivity contribution in [3.63, 3.8) is 0 Å². The van der Waals surface area contributed by atoms with Gasteiger partial charge in [0.1, 0.15) is 11.6 Å². The van der Waals surface area contributed by atoms with Gasteiger partial charge in [0.2, 0.25) is 5.91 Å². The summed E-state index contributed by atoms with van der Waals surface area (Å²) < 4.78 is 18.5. The van der Waals surface area contributed by atoms with Crippen LogP contribution in [0.4, 0.5) is 4.39 Å². The predicted molar refractivity (Wildman–Crippen MR) is 71.7 cm³/mol. The number of methoxy groups -OCH3 is 1. The van der Waals surface area contributed by atoms with Gasteiger partial charge in [0.15, 0.2) is 0 Å². The Labute approximate surface area is 117 Å². The average Bonchev–Trinajstić information content (AvgIpc) is 2.98. The van der Waals surface area contributed by atoms with E-state index in [0.717, 1.165) is 25.9 Å². The quantitative estimate of drug-likeness (QED) is 0.848. The maximum Gasteiger partial charge on any atom is 0.224 e. The zero-order chi connectivity index (χ0) is 14.5. The van der Waals surface area contributed by atoms with E-state index in [1.54, 1.807) is 4.90 Å². The molecule has 1 aromatic carbocycles. The Hall–Kier alpha value is -2.09. The molecule has 5 heteroatoms. The maximum absolute atomic E-state index is 13.4. The molecule has 1 unspecified atom stereocenters. The summed E-state index contributed by atoms with van der Waals surface area (Å²) in [6.45, 7) is 1.49. The molecule has 1 amide bonds. The van der Waals surface area contributed by atoms with Crippen molar-refractivity contribution in [3.8, 4) is 11.8 Å². The number of rotatable bonds is 4. The fourth-order valence-electron chi connectivity index (χ4n) is 2.47. The van der Waals surface area contributed by atoms with Gasteiger partial charge in [-0.2, -0.15) is 5.26 Å². The number of likely N-dealkylation sites (tertiary alicyclic amines) is 1. The van der Waals surface area contributed by atoms with E-state index in [2.05, 4.69) is 6.07 Å². The highest BCUT2D eigenvalue weighted by atomic mass is 19.1. The molecule has 1 aliphatic rings. The Morgan fingerprint density at radius 2 is 2.20 bits per heavy atom. The highest BCUT2D eigenvalue weighted by Crippen LogP contribution is 2.30. The first-order chi connectivity index (χ1) is 9.65. The molecule has 0 N–H and O–H groups in total. The molecule has 0 saturated carbocycles.